The van der Waals surface area contributed by atoms with Crippen molar-refractivity contribution in [2.75, 3.05) is 7.11 Å². The molecule has 1 saturated heterocycles. The number of methoxy groups -OCH3 is 1. The predicted octanol–water partition coefficient (Wildman–Crippen LogP) is 4.22. The van der Waals surface area contributed by atoms with E-state index in [-0.39, 0.29) is 12.1 Å². The molecule has 0 saturated carbocycles. The van der Waals surface area contributed by atoms with Crippen LogP contribution in [0, 0.1) is 13.8 Å². The first-order chi connectivity index (χ1) is 14.0. The molecule has 0 bridgehead atoms. The van der Waals surface area contributed by atoms with Gasteiger partial charge in [-0.05, 0) is 67.5 Å². The molecule has 1 aliphatic heterocycles. The largest absolute Gasteiger partial charge is 0.497 e. The normalized spacial score (nSPS) is 18.8. The Labute approximate surface area is 177 Å². The van der Waals surface area contributed by atoms with E-state index in [1.165, 1.54) is 22.5 Å². The lowest BCUT2D eigenvalue weighted by molar-refractivity contribution is 0.309. The summed E-state index contributed by atoms with van der Waals surface area (Å²) in [5.74, 6) is 0.855. The Kier molecular flexibility index (Phi) is 5.28. The molecule has 0 aliphatic carbocycles. The highest BCUT2D eigenvalue weighted by molar-refractivity contribution is 7.80. The quantitative estimate of drug-likeness (QED) is 0.643. The fourth-order valence-electron chi connectivity index (χ4n) is 4.03. The van der Waals surface area contributed by atoms with Crippen molar-refractivity contribution < 1.29 is 4.74 Å². The molecule has 1 aromatic carbocycles. The molecule has 0 amide bonds. The van der Waals surface area contributed by atoms with Gasteiger partial charge in [-0.25, -0.2) is 0 Å². The molecule has 3 heterocycles. The first-order valence-corrected chi connectivity index (χ1v) is 10.1. The number of ether oxygens (including phenoxy) is 1. The number of pyridine rings is 1. The highest BCUT2D eigenvalue weighted by atomic mass is 32.1. The van der Waals surface area contributed by atoms with Gasteiger partial charge < -0.3 is 19.5 Å². The molecule has 0 radical (unpaired) electrons. The molecule has 150 valence electrons. The van der Waals surface area contributed by atoms with Crippen LogP contribution in [0.15, 0.2) is 54.7 Å². The van der Waals surface area contributed by atoms with Crippen molar-refractivity contribution in [2.45, 2.75) is 32.5 Å². The molecule has 0 spiro atoms. The van der Waals surface area contributed by atoms with Gasteiger partial charge in [0.15, 0.2) is 5.11 Å². The van der Waals surface area contributed by atoms with Crippen LogP contribution in [0.25, 0.3) is 0 Å². The Bertz CT molecular complexity index is 1010. The van der Waals surface area contributed by atoms with E-state index in [4.69, 9.17) is 17.0 Å². The van der Waals surface area contributed by atoms with Gasteiger partial charge in [-0.1, -0.05) is 18.2 Å². The second-order valence-corrected chi connectivity index (χ2v) is 7.87. The number of hydrogen-bond donors (Lipinski definition) is 1. The molecule has 5 nitrogen and oxygen atoms in total. The van der Waals surface area contributed by atoms with Gasteiger partial charge >= 0.3 is 0 Å². The molecule has 6 heteroatoms. The predicted molar refractivity (Wildman–Crippen MR) is 119 cm³/mol. The lowest BCUT2D eigenvalue weighted by atomic mass is 9.96. The number of aromatic nitrogens is 2. The van der Waals surface area contributed by atoms with E-state index in [2.05, 4.69) is 64.9 Å². The SMILES string of the molecule is COc1ccc(CN2C(=S)N[C@H](c3ccccn3)[C@@H]2c2cc(C)n(C)c2C)cc1. The highest BCUT2D eigenvalue weighted by Gasteiger charge is 2.41. The van der Waals surface area contributed by atoms with E-state index in [1.807, 2.05) is 30.5 Å². The van der Waals surface area contributed by atoms with Gasteiger partial charge in [0.1, 0.15) is 5.75 Å². The van der Waals surface area contributed by atoms with Crippen molar-refractivity contribution in [3.8, 4) is 5.75 Å². The second-order valence-electron chi connectivity index (χ2n) is 7.49. The smallest absolute Gasteiger partial charge is 0.170 e. The van der Waals surface area contributed by atoms with Crippen LogP contribution in [0.2, 0.25) is 0 Å². The fraction of sp³-hybridized carbons (Fsp3) is 0.304. The maximum Gasteiger partial charge on any atom is 0.170 e. The first kappa shape index (κ1) is 19.5. The number of aryl methyl sites for hydroxylation is 1. The lowest BCUT2D eigenvalue weighted by Gasteiger charge is -2.28. The standard InChI is InChI=1S/C23H26N4OS/c1-15-13-19(16(2)26(15)3)22-21(20-7-5-6-12-24-20)25-23(29)27(22)14-17-8-10-18(28-4)11-9-17/h5-13,21-22H,14H2,1-4H3,(H,25,29)/t21-,22+/m1/s1. The molecule has 2 atom stereocenters. The zero-order valence-corrected chi connectivity index (χ0v) is 18.0. The summed E-state index contributed by atoms with van der Waals surface area (Å²) in [5.41, 5.74) is 5.95. The number of benzene rings is 1. The Morgan fingerprint density at radius 3 is 2.48 bits per heavy atom. The minimum absolute atomic E-state index is 0.00227. The number of nitrogens with zero attached hydrogens (tertiary/aromatic N) is 3. The van der Waals surface area contributed by atoms with Gasteiger partial charge in [-0.15, -0.1) is 0 Å². The van der Waals surface area contributed by atoms with Crippen molar-refractivity contribution >= 4 is 17.3 Å². The third-order valence-corrected chi connectivity index (χ3v) is 6.20. The van der Waals surface area contributed by atoms with E-state index >= 15 is 0 Å². The van der Waals surface area contributed by atoms with Crippen LogP contribution in [-0.4, -0.2) is 26.7 Å². The van der Waals surface area contributed by atoms with Crippen LogP contribution in [0.5, 0.6) is 5.75 Å². The first-order valence-electron chi connectivity index (χ1n) is 9.73. The van der Waals surface area contributed by atoms with Gasteiger partial charge in [0.25, 0.3) is 0 Å². The maximum absolute atomic E-state index is 5.78. The summed E-state index contributed by atoms with van der Waals surface area (Å²) < 4.78 is 7.53. The number of rotatable bonds is 5. The zero-order chi connectivity index (χ0) is 20.5. The number of hydrogen-bond acceptors (Lipinski definition) is 3. The highest BCUT2D eigenvalue weighted by Crippen LogP contribution is 2.41. The van der Waals surface area contributed by atoms with Crippen LogP contribution in [-0.2, 0) is 13.6 Å². The summed E-state index contributed by atoms with van der Waals surface area (Å²) in [5, 5.41) is 4.28. The van der Waals surface area contributed by atoms with Crippen molar-refractivity contribution in [3.63, 3.8) is 0 Å². The molecule has 29 heavy (non-hydrogen) atoms. The summed E-state index contributed by atoms with van der Waals surface area (Å²) in [6.45, 7) is 5.03. The van der Waals surface area contributed by atoms with E-state index in [0.717, 1.165) is 23.1 Å². The Morgan fingerprint density at radius 2 is 1.90 bits per heavy atom. The average Bonchev–Trinajstić information content (AvgIpc) is 3.20. The summed E-state index contributed by atoms with van der Waals surface area (Å²) >= 11 is 5.78. The van der Waals surface area contributed by atoms with Crippen LogP contribution in [0.3, 0.4) is 0 Å². The molecule has 4 rings (SSSR count). The molecule has 3 aromatic rings. The van der Waals surface area contributed by atoms with Gasteiger partial charge in [-0.3, -0.25) is 4.98 Å². The minimum atomic E-state index is 0.00227. The lowest BCUT2D eigenvalue weighted by Crippen LogP contribution is -2.29. The molecule has 1 aliphatic rings. The van der Waals surface area contributed by atoms with E-state index in [9.17, 15) is 0 Å². The summed E-state index contributed by atoms with van der Waals surface area (Å²) in [7, 11) is 3.79. The van der Waals surface area contributed by atoms with E-state index < -0.39 is 0 Å². The van der Waals surface area contributed by atoms with Gasteiger partial charge in [0.2, 0.25) is 0 Å². The average molecular weight is 407 g/mol. The maximum atomic E-state index is 5.78. The van der Waals surface area contributed by atoms with Crippen molar-refractivity contribution in [1.82, 2.24) is 19.8 Å². The van der Waals surface area contributed by atoms with Crippen LogP contribution in [0.4, 0.5) is 0 Å². The molecule has 1 fully saturated rings. The molecule has 2 aromatic heterocycles. The van der Waals surface area contributed by atoms with E-state index in [1.54, 1.807) is 7.11 Å². The minimum Gasteiger partial charge on any atom is -0.497 e. The molecular weight excluding hydrogens is 380 g/mol. The summed E-state index contributed by atoms with van der Waals surface area (Å²) in [4.78, 5) is 6.90. The zero-order valence-electron chi connectivity index (χ0n) is 17.2. The van der Waals surface area contributed by atoms with E-state index in [0.29, 0.717) is 0 Å². The van der Waals surface area contributed by atoms with Crippen LogP contribution < -0.4 is 10.1 Å². The molecule has 1 N–H and O–H groups in total. The van der Waals surface area contributed by atoms with Crippen molar-refractivity contribution in [1.29, 1.82) is 0 Å². The Balaban J connectivity index is 1.75. The van der Waals surface area contributed by atoms with Crippen molar-refractivity contribution in [3.05, 3.63) is 82.9 Å². The number of thiocarbonyl (C=S) groups is 1. The van der Waals surface area contributed by atoms with Gasteiger partial charge in [0, 0.05) is 31.2 Å². The second kappa shape index (κ2) is 7.87. The van der Waals surface area contributed by atoms with Gasteiger partial charge in [0.05, 0.1) is 24.9 Å². The number of nitrogens with one attached hydrogen (secondary N) is 1. The fourth-order valence-corrected chi connectivity index (χ4v) is 4.33. The monoisotopic (exact) mass is 406 g/mol. The molecule has 0 unspecified atom stereocenters. The van der Waals surface area contributed by atoms with Crippen molar-refractivity contribution in [2.24, 2.45) is 7.05 Å². The summed E-state index contributed by atoms with van der Waals surface area (Å²) in [6, 6.07) is 16.5. The van der Waals surface area contributed by atoms with Crippen LogP contribution >= 0.6 is 12.2 Å². The third-order valence-electron chi connectivity index (χ3n) is 5.84. The Morgan fingerprint density at radius 1 is 1.14 bits per heavy atom. The topological polar surface area (TPSA) is 42.3 Å². The van der Waals surface area contributed by atoms with Crippen LogP contribution in [0.1, 0.15) is 40.3 Å². The van der Waals surface area contributed by atoms with Gasteiger partial charge in [-0.2, -0.15) is 0 Å². The summed E-state index contributed by atoms with van der Waals surface area (Å²) in [6.07, 6.45) is 1.84. The Hall–Kier alpha value is -2.86. The molecular formula is C23H26N4OS. The third kappa shape index (κ3) is 3.60.